The van der Waals surface area contributed by atoms with Crippen LogP contribution in [0.15, 0.2) is 48.5 Å². The van der Waals surface area contributed by atoms with Gasteiger partial charge in [-0.2, -0.15) is 0 Å². The maximum absolute atomic E-state index is 12.5. The van der Waals surface area contributed by atoms with Crippen LogP contribution in [0.4, 0.5) is 0 Å². The van der Waals surface area contributed by atoms with Crippen LogP contribution in [0.1, 0.15) is 26.5 Å². The van der Waals surface area contributed by atoms with E-state index in [1.165, 1.54) is 0 Å². The van der Waals surface area contributed by atoms with E-state index in [1.54, 1.807) is 0 Å². The Hall–Kier alpha value is -2.92. The molecule has 29 heavy (non-hydrogen) atoms. The molecule has 0 aliphatic heterocycles. The van der Waals surface area contributed by atoms with Gasteiger partial charge in [0.05, 0.1) is 0 Å². The molecule has 0 radical (unpaired) electrons. The fourth-order valence-corrected chi connectivity index (χ4v) is 3.89. The first-order chi connectivity index (χ1) is 13.8. The smallest absolute Gasteiger partial charge is 0.326 e. The highest BCUT2D eigenvalue weighted by Gasteiger charge is 2.23. The van der Waals surface area contributed by atoms with Gasteiger partial charge < -0.3 is 9.30 Å². The number of esters is 1. The number of para-hydroxylation sites is 1. The van der Waals surface area contributed by atoms with Gasteiger partial charge in [-0.3, -0.25) is 4.79 Å². The average molecular weight is 408 g/mol. The molecular weight excluding hydrogens is 386 g/mol. The van der Waals surface area contributed by atoms with Gasteiger partial charge in [-0.05, 0) is 33.8 Å². The summed E-state index contributed by atoms with van der Waals surface area (Å²) in [5.41, 5.74) is 3.05. The van der Waals surface area contributed by atoms with Gasteiger partial charge in [-0.15, -0.1) is 10.2 Å². The first-order valence-electron chi connectivity index (χ1n) is 9.47. The van der Waals surface area contributed by atoms with Gasteiger partial charge >= 0.3 is 5.97 Å². The van der Waals surface area contributed by atoms with E-state index in [-0.39, 0.29) is 12.5 Å². The van der Waals surface area contributed by atoms with Crippen molar-refractivity contribution in [1.29, 1.82) is 0 Å². The van der Waals surface area contributed by atoms with Crippen LogP contribution >= 0.6 is 11.6 Å². The minimum absolute atomic E-state index is 0.128. The summed E-state index contributed by atoms with van der Waals surface area (Å²) in [6, 6.07) is 15.8. The molecule has 2 aromatic carbocycles. The summed E-state index contributed by atoms with van der Waals surface area (Å²) in [5.74, 6) is -0.278. The maximum Gasteiger partial charge on any atom is 0.326 e. The summed E-state index contributed by atoms with van der Waals surface area (Å²) in [6.45, 7) is 7.72. The molecule has 0 spiro atoms. The Morgan fingerprint density at radius 1 is 1.00 bits per heavy atom. The summed E-state index contributed by atoms with van der Waals surface area (Å²) in [5, 5.41) is 11.8. The van der Waals surface area contributed by atoms with Crippen LogP contribution in [-0.2, 0) is 16.1 Å². The lowest BCUT2D eigenvalue weighted by Gasteiger charge is -2.20. The van der Waals surface area contributed by atoms with Crippen LogP contribution in [0.25, 0.3) is 32.9 Å². The fourth-order valence-electron chi connectivity index (χ4n) is 3.69. The van der Waals surface area contributed by atoms with E-state index in [1.807, 2.05) is 80.8 Å². The van der Waals surface area contributed by atoms with Crippen LogP contribution in [0.5, 0.6) is 0 Å². The molecule has 0 saturated carbocycles. The van der Waals surface area contributed by atoms with Crippen molar-refractivity contribution in [3.05, 3.63) is 59.4 Å². The quantitative estimate of drug-likeness (QED) is 0.417. The Morgan fingerprint density at radius 3 is 2.31 bits per heavy atom. The number of hydrogen-bond acceptors (Lipinski definition) is 4. The minimum atomic E-state index is -0.533. The first-order valence-corrected chi connectivity index (χ1v) is 9.85. The topological polar surface area (TPSA) is 57.0 Å². The van der Waals surface area contributed by atoms with Crippen LogP contribution in [0, 0.1) is 6.92 Å². The first kappa shape index (κ1) is 19.4. The second kappa shape index (κ2) is 7.16. The van der Waals surface area contributed by atoms with Gasteiger partial charge in [0.25, 0.3) is 0 Å². The van der Waals surface area contributed by atoms with E-state index in [0.717, 1.165) is 38.6 Å². The molecule has 0 amide bonds. The van der Waals surface area contributed by atoms with Crippen molar-refractivity contribution in [1.82, 2.24) is 14.8 Å². The van der Waals surface area contributed by atoms with E-state index >= 15 is 0 Å². The molecule has 4 rings (SSSR count). The van der Waals surface area contributed by atoms with Crippen molar-refractivity contribution in [3.8, 4) is 11.3 Å². The number of nitrogens with zero attached hydrogens (tertiary/aromatic N) is 3. The summed E-state index contributed by atoms with van der Waals surface area (Å²) in [4.78, 5) is 12.5. The SMILES string of the molecule is Cc1c(-c2nnc(Cl)c3ccccc23)c2ccccc2n1CC(=O)OC(C)(C)C. The number of carbonyl (C=O) groups excluding carboxylic acids is 1. The Bertz CT molecular complexity index is 1240. The summed E-state index contributed by atoms with van der Waals surface area (Å²) in [6.07, 6.45) is 0. The minimum Gasteiger partial charge on any atom is -0.459 e. The lowest BCUT2D eigenvalue weighted by atomic mass is 10.0. The number of aromatic nitrogens is 3. The highest BCUT2D eigenvalue weighted by molar-refractivity contribution is 6.34. The molecular formula is C23H22ClN3O2. The molecule has 6 heteroatoms. The summed E-state index contributed by atoms with van der Waals surface area (Å²) < 4.78 is 7.52. The maximum atomic E-state index is 12.5. The Kier molecular flexibility index (Phi) is 4.79. The zero-order chi connectivity index (χ0) is 20.8. The number of fused-ring (bicyclic) bond motifs is 2. The lowest BCUT2D eigenvalue weighted by molar-refractivity contribution is -0.155. The number of carbonyl (C=O) groups is 1. The molecule has 0 aliphatic carbocycles. The third-order valence-corrected chi connectivity index (χ3v) is 5.10. The molecule has 2 heterocycles. The second-order valence-electron chi connectivity index (χ2n) is 8.04. The fraction of sp³-hybridized carbons (Fsp3) is 0.261. The summed E-state index contributed by atoms with van der Waals surface area (Å²) in [7, 11) is 0. The number of halogens is 1. The standard InChI is InChI=1S/C23H22ClN3O2/c1-14-20(21-15-9-5-6-10-16(15)22(24)26-25-21)17-11-7-8-12-18(17)27(14)13-19(28)29-23(2,3)4/h5-12H,13H2,1-4H3. The van der Waals surface area contributed by atoms with E-state index in [0.29, 0.717) is 5.15 Å². The summed E-state index contributed by atoms with van der Waals surface area (Å²) >= 11 is 6.27. The lowest BCUT2D eigenvalue weighted by Crippen LogP contribution is -2.26. The van der Waals surface area contributed by atoms with E-state index in [9.17, 15) is 4.79 Å². The molecule has 0 atom stereocenters. The number of rotatable bonds is 3. The predicted molar refractivity (Wildman–Crippen MR) is 116 cm³/mol. The van der Waals surface area contributed by atoms with Gasteiger partial charge in [0.1, 0.15) is 17.8 Å². The van der Waals surface area contributed by atoms with Gasteiger partial charge in [0, 0.05) is 32.9 Å². The Labute approximate surface area is 174 Å². The Balaban J connectivity index is 1.93. The highest BCUT2D eigenvalue weighted by Crippen LogP contribution is 2.37. The van der Waals surface area contributed by atoms with Crippen LogP contribution in [-0.4, -0.2) is 26.3 Å². The second-order valence-corrected chi connectivity index (χ2v) is 8.39. The van der Waals surface area contributed by atoms with Crippen molar-refractivity contribution < 1.29 is 9.53 Å². The van der Waals surface area contributed by atoms with Crippen molar-refractivity contribution in [2.24, 2.45) is 0 Å². The van der Waals surface area contributed by atoms with Crippen molar-refractivity contribution in [3.63, 3.8) is 0 Å². The molecule has 0 N–H and O–H groups in total. The average Bonchev–Trinajstić information content (AvgIpc) is 2.93. The van der Waals surface area contributed by atoms with Crippen LogP contribution in [0.3, 0.4) is 0 Å². The predicted octanol–water partition coefficient (Wildman–Crippen LogP) is 5.56. The molecule has 0 saturated heterocycles. The van der Waals surface area contributed by atoms with Gasteiger partial charge in [0.15, 0.2) is 5.15 Å². The zero-order valence-corrected chi connectivity index (χ0v) is 17.6. The number of hydrogen-bond donors (Lipinski definition) is 0. The molecule has 4 aromatic rings. The molecule has 5 nitrogen and oxygen atoms in total. The van der Waals surface area contributed by atoms with Crippen molar-refractivity contribution in [2.75, 3.05) is 0 Å². The van der Waals surface area contributed by atoms with E-state index < -0.39 is 5.60 Å². The molecule has 0 aliphatic rings. The molecule has 0 fully saturated rings. The Morgan fingerprint density at radius 2 is 1.62 bits per heavy atom. The van der Waals surface area contributed by atoms with Crippen molar-refractivity contribution in [2.45, 2.75) is 39.8 Å². The molecule has 0 unspecified atom stereocenters. The number of benzene rings is 2. The van der Waals surface area contributed by atoms with Gasteiger partial charge in [-0.1, -0.05) is 54.1 Å². The van der Waals surface area contributed by atoms with Gasteiger partial charge in [0.2, 0.25) is 0 Å². The highest BCUT2D eigenvalue weighted by atomic mass is 35.5. The van der Waals surface area contributed by atoms with Crippen LogP contribution in [0.2, 0.25) is 5.15 Å². The van der Waals surface area contributed by atoms with E-state index in [2.05, 4.69) is 10.2 Å². The molecule has 0 bridgehead atoms. The van der Waals surface area contributed by atoms with Crippen molar-refractivity contribution >= 4 is 39.2 Å². The van der Waals surface area contributed by atoms with Gasteiger partial charge in [-0.25, -0.2) is 0 Å². The normalized spacial score (nSPS) is 11.9. The van der Waals surface area contributed by atoms with Crippen LogP contribution < -0.4 is 0 Å². The third-order valence-electron chi connectivity index (χ3n) is 4.82. The zero-order valence-electron chi connectivity index (χ0n) is 16.9. The third kappa shape index (κ3) is 3.58. The monoisotopic (exact) mass is 407 g/mol. The molecule has 2 aromatic heterocycles. The van der Waals surface area contributed by atoms with E-state index in [4.69, 9.17) is 16.3 Å². The molecule has 148 valence electrons. The largest absolute Gasteiger partial charge is 0.459 e. The number of ether oxygens (including phenoxy) is 1.